The fourth-order valence-electron chi connectivity index (χ4n) is 2.09. The molecule has 1 nitrogen and oxygen atoms in total. The Morgan fingerprint density at radius 3 is 2.72 bits per heavy atom. The minimum absolute atomic E-state index is 0.442. The van der Waals surface area contributed by atoms with Crippen molar-refractivity contribution in [3.05, 3.63) is 57.2 Å². The third kappa shape index (κ3) is 3.58. The second-order valence-electron chi connectivity index (χ2n) is 4.31. The van der Waals surface area contributed by atoms with Gasteiger partial charge in [-0.3, -0.25) is 0 Å². The van der Waals surface area contributed by atoms with E-state index < -0.39 is 0 Å². The lowest BCUT2D eigenvalue weighted by molar-refractivity contribution is 0.598. The van der Waals surface area contributed by atoms with E-state index in [2.05, 4.69) is 41.9 Å². The standard InChI is InChI=1S/C15H18ClNS/c1-2-17-11-12(10-13-6-5-9-18-13)14-7-3-4-8-15(14)16/h3-9,12,17H,2,10-11H2,1H3. The lowest BCUT2D eigenvalue weighted by atomic mass is 9.95. The van der Waals surface area contributed by atoms with E-state index in [1.165, 1.54) is 10.4 Å². The average molecular weight is 280 g/mol. The van der Waals surface area contributed by atoms with Crippen LogP contribution in [-0.4, -0.2) is 13.1 Å². The highest BCUT2D eigenvalue weighted by Gasteiger charge is 2.15. The molecular weight excluding hydrogens is 262 g/mol. The number of halogens is 1. The molecule has 0 bridgehead atoms. The van der Waals surface area contributed by atoms with Gasteiger partial charge in [0, 0.05) is 22.4 Å². The summed E-state index contributed by atoms with van der Waals surface area (Å²) < 4.78 is 0. The zero-order valence-electron chi connectivity index (χ0n) is 10.5. The molecule has 2 rings (SSSR count). The number of hydrogen-bond acceptors (Lipinski definition) is 2. The molecule has 0 aliphatic heterocycles. The van der Waals surface area contributed by atoms with Crippen LogP contribution in [0, 0.1) is 0 Å². The van der Waals surface area contributed by atoms with Crippen LogP contribution in [-0.2, 0) is 6.42 Å². The number of rotatable bonds is 6. The summed E-state index contributed by atoms with van der Waals surface area (Å²) in [5, 5.41) is 6.44. The number of benzene rings is 1. The van der Waals surface area contributed by atoms with Gasteiger partial charge in [-0.25, -0.2) is 0 Å². The maximum Gasteiger partial charge on any atom is 0.0441 e. The van der Waals surface area contributed by atoms with Gasteiger partial charge in [0.05, 0.1) is 0 Å². The maximum absolute atomic E-state index is 6.31. The molecule has 1 heterocycles. The van der Waals surface area contributed by atoms with Gasteiger partial charge in [-0.2, -0.15) is 0 Å². The highest BCUT2D eigenvalue weighted by atomic mass is 35.5. The Kier molecular flexibility index (Phi) is 5.24. The molecule has 0 aliphatic rings. The molecule has 0 spiro atoms. The molecule has 18 heavy (non-hydrogen) atoms. The second-order valence-corrected chi connectivity index (χ2v) is 5.75. The molecule has 1 unspecified atom stereocenters. The van der Waals surface area contributed by atoms with E-state index in [-0.39, 0.29) is 0 Å². The van der Waals surface area contributed by atoms with Crippen molar-refractivity contribution in [1.82, 2.24) is 5.32 Å². The van der Waals surface area contributed by atoms with Crippen molar-refractivity contribution < 1.29 is 0 Å². The zero-order valence-corrected chi connectivity index (χ0v) is 12.1. The van der Waals surface area contributed by atoms with Crippen molar-refractivity contribution in [3.8, 4) is 0 Å². The first-order valence-corrected chi connectivity index (χ1v) is 7.54. The number of thiophene rings is 1. The van der Waals surface area contributed by atoms with Crippen molar-refractivity contribution in [1.29, 1.82) is 0 Å². The first-order valence-electron chi connectivity index (χ1n) is 6.28. The molecule has 0 fully saturated rings. The molecular formula is C15H18ClNS. The normalized spacial score (nSPS) is 12.6. The summed E-state index contributed by atoms with van der Waals surface area (Å²) in [6, 6.07) is 12.5. The van der Waals surface area contributed by atoms with Gasteiger partial charge in [0.2, 0.25) is 0 Å². The van der Waals surface area contributed by atoms with Crippen LogP contribution in [0.5, 0.6) is 0 Å². The van der Waals surface area contributed by atoms with Crippen LogP contribution in [0.2, 0.25) is 5.02 Å². The minimum Gasteiger partial charge on any atom is -0.316 e. The summed E-state index contributed by atoms with van der Waals surface area (Å²) in [6.07, 6.45) is 1.05. The zero-order chi connectivity index (χ0) is 12.8. The molecule has 1 N–H and O–H groups in total. The summed E-state index contributed by atoms with van der Waals surface area (Å²) in [5.74, 6) is 0.442. The van der Waals surface area contributed by atoms with Crippen molar-refractivity contribution in [3.63, 3.8) is 0 Å². The molecule has 0 saturated carbocycles. The van der Waals surface area contributed by atoms with Gasteiger partial charge in [0.15, 0.2) is 0 Å². The second kappa shape index (κ2) is 6.93. The van der Waals surface area contributed by atoms with Crippen LogP contribution in [0.1, 0.15) is 23.3 Å². The first kappa shape index (κ1) is 13.6. The van der Waals surface area contributed by atoms with Gasteiger partial charge in [0.25, 0.3) is 0 Å². The minimum atomic E-state index is 0.442. The summed E-state index contributed by atoms with van der Waals surface area (Å²) in [7, 11) is 0. The summed E-state index contributed by atoms with van der Waals surface area (Å²) in [5.41, 5.74) is 1.24. The molecule has 1 aromatic heterocycles. The van der Waals surface area contributed by atoms with E-state index in [1.54, 1.807) is 0 Å². The largest absolute Gasteiger partial charge is 0.316 e. The molecule has 1 aromatic carbocycles. The third-order valence-electron chi connectivity index (χ3n) is 3.01. The highest BCUT2D eigenvalue weighted by molar-refractivity contribution is 7.09. The Bertz CT molecular complexity index is 467. The molecule has 0 amide bonds. The van der Waals surface area contributed by atoms with Gasteiger partial charge in [0.1, 0.15) is 0 Å². The van der Waals surface area contributed by atoms with Crippen LogP contribution >= 0.6 is 22.9 Å². The van der Waals surface area contributed by atoms with E-state index >= 15 is 0 Å². The predicted molar refractivity (Wildman–Crippen MR) is 80.8 cm³/mol. The van der Waals surface area contributed by atoms with Crippen molar-refractivity contribution in [2.75, 3.05) is 13.1 Å². The van der Waals surface area contributed by atoms with Gasteiger partial charge in [-0.15, -0.1) is 11.3 Å². The van der Waals surface area contributed by atoms with Crippen LogP contribution in [0.4, 0.5) is 0 Å². The van der Waals surface area contributed by atoms with Crippen LogP contribution in [0.15, 0.2) is 41.8 Å². The maximum atomic E-state index is 6.31. The van der Waals surface area contributed by atoms with E-state index in [0.717, 1.165) is 24.5 Å². The lowest BCUT2D eigenvalue weighted by Crippen LogP contribution is -2.22. The smallest absolute Gasteiger partial charge is 0.0441 e. The summed E-state index contributed by atoms with van der Waals surface area (Å²) in [6.45, 7) is 4.10. The molecule has 0 saturated heterocycles. The molecule has 0 aliphatic carbocycles. The number of hydrogen-bond donors (Lipinski definition) is 1. The average Bonchev–Trinajstić information content (AvgIpc) is 2.88. The Morgan fingerprint density at radius 1 is 1.22 bits per heavy atom. The van der Waals surface area contributed by atoms with Gasteiger partial charge < -0.3 is 5.32 Å². The van der Waals surface area contributed by atoms with Crippen LogP contribution in [0.25, 0.3) is 0 Å². The third-order valence-corrected chi connectivity index (χ3v) is 4.26. The number of likely N-dealkylation sites (N-methyl/N-ethyl adjacent to an activating group) is 1. The topological polar surface area (TPSA) is 12.0 Å². The van der Waals surface area contributed by atoms with E-state index in [0.29, 0.717) is 5.92 Å². The van der Waals surface area contributed by atoms with Crippen molar-refractivity contribution in [2.45, 2.75) is 19.3 Å². The van der Waals surface area contributed by atoms with E-state index in [9.17, 15) is 0 Å². The lowest BCUT2D eigenvalue weighted by Gasteiger charge is -2.18. The van der Waals surface area contributed by atoms with Crippen LogP contribution < -0.4 is 5.32 Å². The Morgan fingerprint density at radius 2 is 2.06 bits per heavy atom. The highest BCUT2D eigenvalue weighted by Crippen LogP contribution is 2.28. The predicted octanol–water partition coefficient (Wildman–Crippen LogP) is 4.34. The molecule has 1 atom stereocenters. The van der Waals surface area contributed by atoms with Crippen molar-refractivity contribution in [2.24, 2.45) is 0 Å². The molecule has 2 aromatic rings. The van der Waals surface area contributed by atoms with Crippen molar-refractivity contribution >= 4 is 22.9 Å². The van der Waals surface area contributed by atoms with E-state index in [4.69, 9.17) is 11.6 Å². The number of nitrogens with one attached hydrogen (secondary N) is 1. The SMILES string of the molecule is CCNCC(Cc1cccs1)c1ccccc1Cl. The summed E-state index contributed by atoms with van der Waals surface area (Å²) >= 11 is 8.13. The fraction of sp³-hybridized carbons (Fsp3) is 0.333. The molecule has 0 radical (unpaired) electrons. The van der Waals surface area contributed by atoms with Gasteiger partial charge in [-0.05, 0) is 36.0 Å². The Labute approximate surface area is 118 Å². The monoisotopic (exact) mass is 279 g/mol. The molecule has 3 heteroatoms. The molecule has 96 valence electrons. The van der Waals surface area contributed by atoms with E-state index in [1.807, 2.05) is 23.5 Å². The van der Waals surface area contributed by atoms with Gasteiger partial charge >= 0.3 is 0 Å². The van der Waals surface area contributed by atoms with Gasteiger partial charge in [-0.1, -0.05) is 42.8 Å². The Hall–Kier alpha value is -0.830. The first-order chi connectivity index (χ1) is 8.81. The fourth-order valence-corrected chi connectivity index (χ4v) is 3.16. The van der Waals surface area contributed by atoms with Crippen LogP contribution in [0.3, 0.4) is 0 Å². The Balaban J connectivity index is 2.16. The quantitative estimate of drug-likeness (QED) is 0.830. The summed E-state index contributed by atoms with van der Waals surface area (Å²) in [4.78, 5) is 1.41.